The zero-order valence-corrected chi connectivity index (χ0v) is 6.40. The van der Waals surface area contributed by atoms with E-state index in [1.165, 1.54) is 0 Å². The van der Waals surface area contributed by atoms with Crippen molar-refractivity contribution in [1.82, 2.24) is 5.32 Å². The molecule has 0 heterocycles. The summed E-state index contributed by atoms with van der Waals surface area (Å²) in [5.74, 6) is 0. The maximum Gasteiger partial charge on any atom is 0.0209 e. The van der Waals surface area contributed by atoms with Crippen LogP contribution in [0.5, 0.6) is 0 Å². The molecule has 2 heteroatoms. The Morgan fingerprint density at radius 2 is 2.30 bits per heavy atom. The van der Waals surface area contributed by atoms with Gasteiger partial charge in [-0.15, -0.1) is 5.73 Å². The monoisotopic (exact) mass is 140 g/mol. The van der Waals surface area contributed by atoms with Gasteiger partial charge < -0.3 is 11.1 Å². The molecule has 0 aromatic heterocycles. The summed E-state index contributed by atoms with van der Waals surface area (Å²) in [6.45, 7) is 6.15. The molecule has 0 atom stereocenters. The van der Waals surface area contributed by atoms with Gasteiger partial charge in [0.05, 0.1) is 0 Å². The topological polar surface area (TPSA) is 38.0 Å². The molecule has 0 aliphatic heterocycles. The highest BCUT2D eigenvalue weighted by atomic mass is 14.8. The second kappa shape index (κ2) is 8.44. The van der Waals surface area contributed by atoms with E-state index < -0.39 is 0 Å². The Balaban J connectivity index is 2.83. The summed E-state index contributed by atoms with van der Waals surface area (Å²) < 4.78 is 0. The van der Waals surface area contributed by atoms with E-state index in [9.17, 15) is 0 Å². The molecule has 10 heavy (non-hydrogen) atoms. The van der Waals surface area contributed by atoms with Gasteiger partial charge in [-0.1, -0.05) is 6.58 Å². The first-order valence-corrected chi connectivity index (χ1v) is 3.67. The highest BCUT2D eigenvalue weighted by Crippen LogP contribution is 1.81. The van der Waals surface area contributed by atoms with E-state index in [2.05, 4.69) is 17.6 Å². The summed E-state index contributed by atoms with van der Waals surface area (Å²) in [4.78, 5) is 0. The first-order valence-electron chi connectivity index (χ1n) is 3.67. The summed E-state index contributed by atoms with van der Waals surface area (Å²) in [5, 5.41) is 3.21. The molecule has 0 radical (unpaired) electrons. The van der Waals surface area contributed by atoms with Crippen LogP contribution in [0.3, 0.4) is 0 Å². The largest absolute Gasteiger partial charge is 0.330 e. The molecule has 0 aliphatic carbocycles. The Bertz CT molecular complexity index is 104. The lowest BCUT2D eigenvalue weighted by atomic mass is 10.3. The number of hydrogen-bond donors (Lipinski definition) is 2. The van der Waals surface area contributed by atoms with Crippen molar-refractivity contribution in [3.63, 3.8) is 0 Å². The lowest BCUT2D eigenvalue weighted by Gasteiger charge is -1.97. The summed E-state index contributed by atoms with van der Waals surface area (Å²) >= 11 is 0. The van der Waals surface area contributed by atoms with Gasteiger partial charge in [-0.25, -0.2) is 0 Å². The normalized spacial score (nSPS) is 8.90. The van der Waals surface area contributed by atoms with Crippen LogP contribution in [-0.4, -0.2) is 19.6 Å². The Morgan fingerprint density at radius 3 is 2.90 bits per heavy atom. The molecular weight excluding hydrogens is 124 g/mol. The lowest BCUT2D eigenvalue weighted by molar-refractivity contribution is 0.661. The van der Waals surface area contributed by atoms with E-state index >= 15 is 0 Å². The van der Waals surface area contributed by atoms with E-state index in [4.69, 9.17) is 5.73 Å². The lowest BCUT2D eigenvalue weighted by Crippen LogP contribution is -2.15. The van der Waals surface area contributed by atoms with Gasteiger partial charge in [0.2, 0.25) is 0 Å². The average Bonchev–Trinajstić information content (AvgIpc) is 1.97. The number of hydrogen-bond acceptors (Lipinski definition) is 2. The van der Waals surface area contributed by atoms with Crippen molar-refractivity contribution in [1.29, 1.82) is 0 Å². The standard InChI is InChI=1S/C8H16N2/c1-2-3-7-10-8-5-4-6-9/h3,10H,1,4-9H2. The molecule has 0 aliphatic rings. The second-order valence-corrected chi connectivity index (χ2v) is 2.11. The Hall–Kier alpha value is -0.560. The molecule has 58 valence electrons. The van der Waals surface area contributed by atoms with E-state index in [1.54, 1.807) is 0 Å². The summed E-state index contributed by atoms with van der Waals surface area (Å²) in [5.41, 5.74) is 8.01. The number of nitrogens with one attached hydrogen (secondary N) is 1. The van der Waals surface area contributed by atoms with Crippen LogP contribution < -0.4 is 11.1 Å². The first kappa shape index (κ1) is 9.44. The fraction of sp³-hybridized carbons (Fsp3) is 0.625. The summed E-state index contributed by atoms with van der Waals surface area (Å²) in [7, 11) is 0. The Labute approximate surface area is 62.8 Å². The third-order valence-corrected chi connectivity index (χ3v) is 1.20. The van der Waals surface area contributed by atoms with Crippen LogP contribution in [0.2, 0.25) is 0 Å². The molecule has 0 amide bonds. The van der Waals surface area contributed by atoms with Gasteiger partial charge in [0.15, 0.2) is 0 Å². The fourth-order valence-corrected chi connectivity index (χ4v) is 0.641. The van der Waals surface area contributed by atoms with Gasteiger partial charge in [0, 0.05) is 6.54 Å². The minimum Gasteiger partial charge on any atom is -0.330 e. The molecule has 0 bridgehead atoms. The molecule has 0 spiro atoms. The molecule has 0 saturated carbocycles. The minimum absolute atomic E-state index is 0.791. The van der Waals surface area contributed by atoms with E-state index in [0.29, 0.717) is 0 Å². The van der Waals surface area contributed by atoms with Crippen molar-refractivity contribution in [2.45, 2.75) is 12.8 Å². The smallest absolute Gasteiger partial charge is 0.0209 e. The first-order chi connectivity index (χ1) is 4.91. The molecule has 0 rings (SSSR count). The van der Waals surface area contributed by atoms with Crippen molar-refractivity contribution in [3.8, 4) is 0 Å². The van der Waals surface area contributed by atoms with E-state index in [1.807, 2.05) is 6.08 Å². The maximum atomic E-state index is 5.31. The number of unbranched alkanes of at least 4 members (excludes halogenated alkanes) is 1. The van der Waals surface area contributed by atoms with Crippen molar-refractivity contribution in [2.75, 3.05) is 19.6 Å². The highest BCUT2D eigenvalue weighted by Gasteiger charge is 1.82. The molecule has 3 N–H and O–H groups in total. The minimum atomic E-state index is 0.791. The van der Waals surface area contributed by atoms with Crippen LogP contribution in [0.1, 0.15) is 12.8 Å². The van der Waals surface area contributed by atoms with Gasteiger partial charge in [-0.2, -0.15) is 0 Å². The zero-order valence-electron chi connectivity index (χ0n) is 6.40. The number of nitrogens with two attached hydrogens (primary N) is 1. The third-order valence-electron chi connectivity index (χ3n) is 1.20. The SMILES string of the molecule is C=C=CCNCCCCN. The van der Waals surface area contributed by atoms with Crippen LogP contribution in [0, 0.1) is 0 Å². The maximum absolute atomic E-state index is 5.31. The molecule has 0 aromatic rings. The predicted octanol–water partition coefficient (Wildman–Crippen LogP) is 0.656. The average molecular weight is 140 g/mol. The van der Waals surface area contributed by atoms with Gasteiger partial charge in [-0.05, 0) is 32.0 Å². The van der Waals surface area contributed by atoms with Crippen molar-refractivity contribution < 1.29 is 0 Å². The quantitative estimate of drug-likeness (QED) is 0.420. The van der Waals surface area contributed by atoms with Gasteiger partial charge in [0.1, 0.15) is 0 Å². The summed E-state index contributed by atoms with van der Waals surface area (Å²) in [6.07, 6.45) is 4.13. The Morgan fingerprint density at radius 1 is 1.50 bits per heavy atom. The van der Waals surface area contributed by atoms with Gasteiger partial charge >= 0.3 is 0 Å². The van der Waals surface area contributed by atoms with Crippen LogP contribution >= 0.6 is 0 Å². The number of rotatable bonds is 6. The van der Waals surface area contributed by atoms with E-state index in [-0.39, 0.29) is 0 Å². The van der Waals surface area contributed by atoms with Crippen LogP contribution in [-0.2, 0) is 0 Å². The fourth-order valence-electron chi connectivity index (χ4n) is 0.641. The van der Waals surface area contributed by atoms with E-state index in [0.717, 1.165) is 32.5 Å². The molecule has 0 aromatic carbocycles. The predicted molar refractivity (Wildman–Crippen MR) is 44.9 cm³/mol. The van der Waals surface area contributed by atoms with Crippen molar-refractivity contribution in [3.05, 3.63) is 18.4 Å². The molecule has 0 saturated heterocycles. The van der Waals surface area contributed by atoms with Crippen LogP contribution in [0.4, 0.5) is 0 Å². The third kappa shape index (κ3) is 7.44. The molecule has 0 unspecified atom stereocenters. The van der Waals surface area contributed by atoms with Crippen molar-refractivity contribution in [2.24, 2.45) is 5.73 Å². The zero-order chi connectivity index (χ0) is 7.66. The molecule has 2 nitrogen and oxygen atoms in total. The molecular formula is C8H16N2. The van der Waals surface area contributed by atoms with Crippen LogP contribution in [0.25, 0.3) is 0 Å². The Kier molecular flexibility index (Phi) is 7.97. The van der Waals surface area contributed by atoms with Gasteiger partial charge in [-0.3, -0.25) is 0 Å². The van der Waals surface area contributed by atoms with Crippen LogP contribution in [0.15, 0.2) is 18.4 Å². The summed E-state index contributed by atoms with van der Waals surface area (Å²) in [6, 6.07) is 0. The second-order valence-electron chi connectivity index (χ2n) is 2.11. The molecule has 0 fully saturated rings. The highest BCUT2D eigenvalue weighted by molar-refractivity contribution is 4.77. The van der Waals surface area contributed by atoms with Crippen molar-refractivity contribution >= 4 is 0 Å². The van der Waals surface area contributed by atoms with Gasteiger partial charge in [0.25, 0.3) is 0 Å².